The topological polar surface area (TPSA) is 72.5 Å². The third-order valence-electron chi connectivity index (χ3n) is 2.99. The van der Waals surface area contributed by atoms with E-state index in [9.17, 15) is 13.2 Å². The van der Waals surface area contributed by atoms with E-state index in [0.29, 0.717) is 10.9 Å². The summed E-state index contributed by atoms with van der Waals surface area (Å²) in [7, 11) is -2.50. The second-order valence-corrected chi connectivity index (χ2v) is 8.33. The molecule has 0 bridgehead atoms. The van der Waals surface area contributed by atoms with Crippen LogP contribution in [0.1, 0.15) is 20.3 Å². The molecule has 0 fully saturated rings. The van der Waals surface area contributed by atoms with E-state index >= 15 is 0 Å². The van der Waals surface area contributed by atoms with Crippen LogP contribution in [0, 0.1) is 11.8 Å². The number of ether oxygens (including phenoxy) is 1. The van der Waals surface area contributed by atoms with Crippen molar-refractivity contribution in [1.29, 1.82) is 0 Å². The Hall–Kier alpha value is -0.630. The van der Waals surface area contributed by atoms with E-state index in [0.717, 1.165) is 0 Å². The summed E-state index contributed by atoms with van der Waals surface area (Å²) in [5.74, 6) is -0.725. The van der Waals surface area contributed by atoms with Gasteiger partial charge >= 0.3 is 5.97 Å². The van der Waals surface area contributed by atoms with Gasteiger partial charge in [0.05, 0.1) is 18.1 Å². The molecule has 0 saturated carbocycles. The maximum Gasteiger partial charge on any atom is 0.309 e. The van der Waals surface area contributed by atoms with Gasteiger partial charge in [0.1, 0.15) is 4.90 Å². The zero-order valence-corrected chi connectivity index (χ0v) is 15.8. The van der Waals surface area contributed by atoms with Gasteiger partial charge in [-0.1, -0.05) is 41.4 Å². The number of esters is 1. The van der Waals surface area contributed by atoms with Crippen molar-refractivity contribution >= 4 is 43.5 Å². The second kappa shape index (κ2) is 8.29. The molecule has 0 aliphatic heterocycles. The number of rotatable bonds is 7. The molecule has 0 aliphatic carbocycles. The fourth-order valence-corrected chi connectivity index (χ4v) is 4.10. The molecule has 1 unspecified atom stereocenters. The third kappa shape index (κ3) is 5.53. The zero-order chi connectivity index (χ0) is 16.9. The molecule has 0 saturated heterocycles. The van der Waals surface area contributed by atoms with Gasteiger partial charge in [-0.25, -0.2) is 13.1 Å². The maximum atomic E-state index is 12.3. The van der Waals surface area contributed by atoms with Gasteiger partial charge in [0.15, 0.2) is 0 Å². The average Bonchev–Trinajstić information content (AvgIpc) is 2.41. The molecule has 8 heteroatoms. The Morgan fingerprint density at radius 2 is 2.05 bits per heavy atom. The number of methoxy groups -OCH3 is 1. The Morgan fingerprint density at radius 3 is 2.55 bits per heavy atom. The zero-order valence-electron chi connectivity index (χ0n) is 12.6. The molecule has 5 nitrogen and oxygen atoms in total. The number of sulfonamides is 1. The Bertz CT molecular complexity index is 634. The molecule has 0 aromatic heterocycles. The molecule has 124 valence electrons. The van der Waals surface area contributed by atoms with E-state index in [4.69, 9.17) is 16.3 Å². The van der Waals surface area contributed by atoms with Gasteiger partial charge in [0.2, 0.25) is 10.0 Å². The summed E-state index contributed by atoms with van der Waals surface area (Å²) in [6.07, 6.45) is 0.531. The van der Waals surface area contributed by atoms with Crippen LogP contribution in [0.25, 0.3) is 0 Å². The normalized spacial score (nSPS) is 13.2. The van der Waals surface area contributed by atoms with Crippen LogP contribution in [0.3, 0.4) is 0 Å². The first-order valence-corrected chi connectivity index (χ1v) is 9.35. The number of halogens is 2. The first kappa shape index (κ1) is 19.4. The minimum absolute atomic E-state index is 0.0227. The van der Waals surface area contributed by atoms with Crippen LogP contribution in [0.5, 0.6) is 0 Å². The number of carbonyl (C=O) groups excluding carboxylic acids is 1. The summed E-state index contributed by atoms with van der Waals surface area (Å²) in [6.45, 7) is 3.88. The molecular formula is C14H19BrClNO4S. The highest BCUT2D eigenvalue weighted by molar-refractivity contribution is 9.10. The van der Waals surface area contributed by atoms with Gasteiger partial charge in [-0.05, 0) is 30.5 Å². The van der Waals surface area contributed by atoms with Crippen molar-refractivity contribution in [2.24, 2.45) is 11.8 Å². The summed E-state index contributed by atoms with van der Waals surface area (Å²) in [6, 6.07) is 4.50. The van der Waals surface area contributed by atoms with Crippen molar-refractivity contribution in [3.63, 3.8) is 0 Å². The fraction of sp³-hybridized carbons (Fsp3) is 0.500. The highest BCUT2D eigenvalue weighted by Gasteiger charge is 2.25. The largest absolute Gasteiger partial charge is 0.469 e. The summed E-state index contributed by atoms with van der Waals surface area (Å²) >= 11 is 9.18. The van der Waals surface area contributed by atoms with Crippen molar-refractivity contribution in [2.45, 2.75) is 25.2 Å². The summed E-state index contributed by atoms with van der Waals surface area (Å²) in [4.78, 5) is 11.7. The van der Waals surface area contributed by atoms with Gasteiger partial charge in [0.25, 0.3) is 0 Å². The average molecular weight is 413 g/mol. The van der Waals surface area contributed by atoms with Gasteiger partial charge in [-0.15, -0.1) is 0 Å². The van der Waals surface area contributed by atoms with Crippen molar-refractivity contribution in [2.75, 3.05) is 13.7 Å². The molecule has 0 heterocycles. The van der Waals surface area contributed by atoms with Gasteiger partial charge < -0.3 is 4.74 Å². The monoisotopic (exact) mass is 411 g/mol. The van der Waals surface area contributed by atoms with Gasteiger partial charge in [-0.2, -0.15) is 0 Å². The van der Waals surface area contributed by atoms with Crippen molar-refractivity contribution in [3.8, 4) is 0 Å². The predicted molar refractivity (Wildman–Crippen MR) is 89.3 cm³/mol. The van der Waals surface area contributed by atoms with Crippen molar-refractivity contribution in [1.82, 2.24) is 4.72 Å². The predicted octanol–water partition coefficient (Wildman–Crippen LogP) is 3.22. The molecule has 0 radical (unpaired) electrons. The first-order chi connectivity index (χ1) is 10.2. The number of benzene rings is 1. The number of hydrogen-bond acceptors (Lipinski definition) is 4. The van der Waals surface area contributed by atoms with E-state index in [2.05, 4.69) is 20.7 Å². The highest BCUT2D eigenvalue weighted by atomic mass is 79.9. The Kier molecular flexibility index (Phi) is 7.31. The van der Waals surface area contributed by atoms with Crippen LogP contribution in [-0.2, 0) is 19.6 Å². The lowest BCUT2D eigenvalue weighted by molar-refractivity contribution is -0.145. The quantitative estimate of drug-likeness (QED) is 0.698. The van der Waals surface area contributed by atoms with E-state index in [1.54, 1.807) is 6.07 Å². The van der Waals surface area contributed by atoms with E-state index in [1.165, 1.54) is 19.2 Å². The fourth-order valence-electron chi connectivity index (χ4n) is 1.98. The summed E-state index contributed by atoms with van der Waals surface area (Å²) < 4.78 is 32.4. The second-order valence-electron chi connectivity index (χ2n) is 5.28. The highest BCUT2D eigenvalue weighted by Crippen LogP contribution is 2.25. The first-order valence-electron chi connectivity index (χ1n) is 6.70. The lowest BCUT2D eigenvalue weighted by Gasteiger charge is -2.17. The minimum atomic E-state index is -3.79. The van der Waals surface area contributed by atoms with Crippen LogP contribution < -0.4 is 4.72 Å². The summed E-state index contributed by atoms with van der Waals surface area (Å²) in [5.41, 5.74) is 0. The molecule has 1 N–H and O–H groups in total. The minimum Gasteiger partial charge on any atom is -0.469 e. The molecule has 0 aliphatic rings. The molecule has 1 aromatic rings. The Balaban J connectivity index is 2.89. The van der Waals surface area contributed by atoms with E-state index < -0.39 is 21.9 Å². The standard InChI is InChI=1S/C14H19BrClNO4S/c1-9(2)6-10(14(18)21-3)8-17-22(19,20)13-5-4-11(15)7-12(13)16/h4-5,7,9-10,17H,6,8H2,1-3H3. The molecular weight excluding hydrogens is 394 g/mol. The smallest absolute Gasteiger partial charge is 0.309 e. The third-order valence-corrected chi connectivity index (χ3v) is 5.39. The van der Waals surface area contributed by atoms with Crippen LogP contribution in [0.15, 0.2) is 27.6 Å². The van der Waals surface area contributed by atoms with E-state index in [1.807, 2.05) is 13.8 Å². The maximum absolute atomic E-state index is 12.3. The van der Waals surface area contributed by atoms with Crippen molar-refractivity contribution < 1.29 is 17.9 Å². The van der Waals surface area contributed by atoms with Crippen molar-refractivity contribution in [3.05, 3.63) is 27.7 Å². The molecule has 1 aromatic carbocycles. The molecule has 0 spiro atoms. The lowest BCUT2D eigenvalue weighted by Crippen LogP contribution is -2.34. The van der Waals surface area contributed by atoms with Crippen LogP contribution in [0.2, 0.25) is 5.02 Å². The number of nitrogens with one attached hydrogen (secondary N) is 1. The van der Waals surface area contributed by atoms with Gasteiger partial charge in [0, 0.05) is 11.0 Å². The Morgan fingerprint density at radius 1 is 1.41 bits per heavy atom. The molecule has 22 heavy (non-hydrogen) atoms. The van der Waals surface area contributed by atoms with Crippen LogP contribution in [-0.4, -0.2) is 28.0 Å². The van der Waals surface area contributed by atoms with E-state index in [-0.39, 0.29) is 22.4 Å². The lowest BCUT2D eigenvalue weighted by atomic mass is 9.97. The SMILES string of the molecule is COC(=O)C(CNS(=O)(=O)c1ccc(Br)cc1Cl)CC(C)C. The summed E-state index contributed by atoms with van der Waals surface area (Å²) in [5, 5.41) is 0.111. The van der Waals surface area contributed by atoms with Crippen LogP contribution in [0.4, 0.5) is 0 Å². The Labute approximate surface area is 144 Å². The molecule has 1 rings (SSSR count). The molecule has 0 amide bonds. The van der Waals surface area contributed by atoms with Gasteiger partial charge in [-0.3, -0.25) is 4.79 Å². The van der Waals surface area contributed by atoms with Crippen LogP contribution >= 0.6 is 27.5 Å². The number of carbonyl (C=O) groups is 1. The molecule has 1 atom stereocenters. The number of hydrogen-bond donors (Lipinski definition) is 1.